The van der Waals surface area contributed by atoms with E-state index in [1.54, 1.807) is 0 Å². The van der Waals surface area contributed by atoms with Gasteiger partial charge >= 0.3 is 0 Å². The van der Waals surface area contributed by atoms with Gasteiger partial charge in [0.25, 0.3) is 5.69 Å². The number of nitrogens with zero attached hydrogens (tertiary/aromatic N) is 1. The number of aromatic nitrogens is 1. The van der Waals surface area contributed by atoms with Gasteiger partial charge in [0.15, 0.2) is 0 Å². The van der Waals surface area contributed by atoms with E-state index in [2.05, 4.69) is 15.0 Å². The molecular weight excluding hydrogens is 356 g/mol. The van der Waals surface area contributed by atoms with Crippen LogP contribution in [0.1, 0.15) is 5.56 Å². The van der Waals surface area contributed by atoms with Crippen molar-refractivity contribution in [2.24, 2.45) is 0 Å². The second kappa shape index (κ2) is 7.14. The number of hydrogen-bond donors (Lipinski definition) is 3. The first-order valence-electron chi connectivity index (χ1n) is 7.93. The molecule has 0 amide bonds. The van der Waals surface area contributed by atoms with Crippen LogP contribution in [-0.4, -0.2) is 31.9 Å². The Balaban J connectivity index is 1.78. The van der Waals surface area contributed by atoms with E-state index >= 15 is 0 Å². The Morgan fingerprint density at radius 3 is 2.69 bits per heavy atom. The molecule has 0 atom stereocenters. The minimum Gasteiger partial charge on any atom is -0.379 e. The zero-order valence-electron chi connectivity index (χ0n) is 14.0. The van der Waals surface area contributed by atoms with E-state index < -0.39 is 14.9 Å². The van der Waals surface area contributed by atoms with Crippen LogP contribution in [0.2, 0.25) is 0 Å². The molecule has 0 radical (unpaired) electrons. The summed E-state index contributed by atoms with van der Waals surface area (Å²) in [4.78, 5) is 13.7. The van der Waals surface area contributed by atoms with E-state index in [-0.39, 0.29) is 16.3 Å². The molecule has 8 nitrogen and oxygen atoms in total. The standard InChI is InChI=1S/C17H18N4O4S/c1-18-26(24,25)13-6-7-16(17(10-13)21(22)23)19-9-8-12-11-20-15-5-3-2-4-14(12)15/h2-7,10-11,18-20H,8-9H2,1H3. The average Bonchev–Trinajstić information content (AvgIpc) is 3.05. The number of anilines is 1. The molecule has 0 spiro atoms. The Bertz CT molecular complexity index is 1060. The van der Waals surface area contributed by atoms with E-state index in [4.69, 9.17) is 0 Å². The second-order valence-corrected chi connectivity index (χ2v) is 7.57. The number of H-pyrrole nitrogens is 1. The van der Waals surface area contributed by atoms with Crippen LogP contribution in [0.25, 0.3) is 10.9 Å². The molecule has 0 bridgehead atoms. The largest absolute Gasteiger partial charge is 0.379 e. The molecule has 3 N–H and O–H groups in total. The Morgan fingerprint density at radius 1 is 1.19 bits per heavy atom. The lowest BCUT2D eigenvalue weighted by Crippen LogP contribution is -2.19. The molecule has 0 aliphatic rings. The lowest BCUT2D eigenvalue weighted by molar-refractivity contribution is -0.384. The Morgan fingerprint density at radius 2 is 1.96 bits per heavy atom. The van der Waals surface area contributed by atoms with Crippen LogP contribution in [0.5, 0.6) is 0 Å². The molecule has 0 aliphatic heterocycles. The number of aromatic amines is 1. The van der Waals surface area contributed by atoms with Gasteiger partial charge in [-0.1, -0.05) is 18.2 Å². The summed E-state index contributed by atoms with van der Waals surface area (Å²) in [6.07, 6.45) is 2.58. The van der Waals surface area contributed by atoms with E-state index in [1.165, 1.54) is 19.2 Å². The first-order chi connectivity index (χ1) is 12.4. The van der Waals surface area contributed by atoms with Crippen LogP contribution in [0.3, 0.4) is 0 Å². The summed E-state index contributed by atoms with van der Waals surface area (Å²) in [5.41, 5.74) is 2.14. The molecule has 2 aromatic carbocycles. The van der Waals surface area contributed by atoms with Crippen LogP contribution in [-0.2, 0) is 16.4 Å². The van der Waals surface area contributed by atoms with Crippen molar-refractivity contribution >= 4 is 32.3 Å². The van der Waals surface area contributed by atoms with Gasteiger partial charge in [-0.25, -0.2) is 13.1 Å². The first kappa shape index (κ1) is 17.9. The zero-order chi connectivity index (χ0) is 18.7. The fourth-order valence-corrected chi connectivity index (χ4v) is 3.52. The van der Waals surface area contributed by atoms with E-state index in [1.807, 2.05) is 30.5 Å². The third-order valence-corrected chi connectivity index (χ3v) is 5.54. The maximum absolute atomic E-state index is 11.8. The van der Waals surface area contributed by atoms with Gasteiger partial charge < -0.3 is 10.3 Å². The minimum absolute atomic E-state index is 0.145. The third kappa shape index (κ3) is 3.53. The first-order valence-corrected chi connectivity index (χ1v) is 9.41. The van der Waals surface area contributed by atoms with Crippen molar-refractivity contribution in [1.82, 2.24) is 9.71 Å². The summed E-state index contributed by atoms with van der Waals surface area (Å²) < 4.78 is 25.8. The van der Waals surface area contributed by atoms with Crippen LogP contribution < -0.4 is 10.0 Å². The minimum atomic E-state index is -3.74. The number of sulfonamides is 1. The van der Waals surface area contributed by atoms with Gasteiger partial charge in [-0.2, -0.15) is 0 Å². The number of benzene rings is 2. The van der Waals surface area contributed by atoms with Crippen LogP contribution in [0.4, 0.5) is 11.4 Å². The normalized spacial score (nSPS) is 11.6. The van der Waals surface area contributed by atoms with Gasteiger partial charge in [0.1, 0.15) is 5.69 Å². The SMILES string of the molecule is CNS(=O)(=O)c1ccc(NCCc2c[nH]c3ccccc23)c([N+](=O)[O-])c1. The lowest BCUT2D eigenvalue weighted by atomic mass is 10.1. The summed E-state index contributed by atoms with van der Waals surface area (Å²) in [5.74, 6) is 0. The maximum Gasteiger partial charge on any atom is 0.293 e. The highest BCUT2D eigenvalue weighted by atomic mass is 32.2. The van der Waals surface area contributed by atoms with Crippen molar-refractivity contribution in [3.05, 3.63) is 64.3 Å². The van der Waals surface area contributed by atoms with Gasteiger partial charge in [-0.05, 0) is 37.2 Å². The monoisotopic (exact) mass is 374 g/mol. The smallest absolute Gasteiger partial charge is 0.293 e. The van der Waals surface area contributed by atoms with Gasteiger partial charge in [0, 0.05) is 29.7 Å². The maximum atomic E-state index is 11.8. The molecule has 0 fully saturated rings. The van der Waals surface area contributed by atoms with Crippen LogP contribution >= 0.6 is 0 Å². The Labute approximate surface area is 150 Å². The number of fused-ring (bicyclic) bond motifs is 1. The number of rotatable bonds is 7. The fourth-order valence-electron chi connectivity index (χ4n) is 2.77. The number of para-hydroxylation sites is 1. The van der Waals surface area contributed by atoms with Crippen LogP contribution in [0, 0.1) is 10.1 Å². The highest BCUT2D eigenvalue weighted by Crippen LogP contribution is 2.27. The van der Waals surface area contributed by atoms with E-state index in [9.17, 15) is 18.5 Å². The van der Waals surface area contributed by atoms with E-state index in [0.717, 1.165) is 22.5 Å². The summed E-state index contributed by atoms with van der Waals surface area (Å²) >= 11 is 0. The van der Waals surface area contributed by atoms with Crippen molar-refractivity contribution in [2.75, 3.05) is 18.9 Å². The summed E-state index contributed by atoms with van der Waals surface area (Å²) in [7, 11) is -2.48. The molecular formula is C17H18N4O4S. The molecule has 0 saturated heterocycles. The fraction of sp³-hybridized carbons (Fsp3) is 0.176. The molecule has 0 saturated carbocycles. The highest BCUT2D eigenvalue weighted by Gasteiger charge is 2.20. The number of nitro benzene ring substituents is 1. The lowest BCUT2D eigenvalue weighted by Gasteiger charge is -2.09. The number of nitro groups is 1. The quantitative estimate of drug-likeness (QED) is 0.434. The summed E-state index contributed by atoms with van der Waals surface area (Å²) in [6, 6.07) is 11.7. The van der Waals surface area contributed by atoms with Crippen molar-refractivity contribution in [3.8, 4) is 0 Å². The second-order valence-electron chi connectivity index (χ2n) is 5.68. The molecule has 1 heterocycles. The molecule has 0 unspecified atom stereocenters. The van der Waals surface area contributed by atoms with Gasteiger partial charge in [-0.15, -0.1) is 0 Å². The van der Waals surface area contributed by atoms with Crippen LogP contribution in [0.15, 0.2) is 53.6 Å². The van der Waals surface area contributed by atoms with Crippen molar-refractivity contribution in [3.63, 3.8) is 0 Å². The Kier molecular flexibility index (Phi) is 4.92. The third-order valence-electron chi connectivity index (χ3n) is 4.13. The predicted molar refractivity (Wildman–Crippen MR) is 99.8 cm³/mol. The van der Waals surface area contributed by atoms with Crippen molar-refractivity contribution < 1.29 is 13.3 Å². The van der Waals surface area contributed by atoms with Gasteiger partial charge in [0.2, 0.25) is 10.0 Å². The van der Waals surface area contributed by atoms with Gasteiger partial charge in [-0.3, -0.25) is 10.1 Å². The molecule has 9 heteroatoms. The molecule has 26 heavy (non-hydrogen) atoms. The Hall–Kier alpha value is -2.91. The molecule has 3 rings (SSSR count). The predicted octanol–water partition coefficient (Wildman–Crippen LogP) is 2.64. The average molecular weight is 374 g/mol. The molecule has 3 aromatic rings. The topological polar surface area (TPSA) is 117 Å². The highest BCUT2D eigenvalue weighted by molar-refractivity contribution is 7.89. The molecule has 136 valence electrons. The number of nitrogens with one attached hydrogen (secondary N) is 3. The molecule has 1 aromatic heterocycles. The summed E-state index contributed by atoms with van der Waals surface area (Å²) in [6.45, 7) is 0.473. The van der Waals surface area contributed by atoms with Gasteiger partial charge in [0.05, 0.1) is 9.82 Å². The zero-order valence-corrected chi connectivity index (χ0v) is 14.8. The number of hydrogen-bond acceptors (Lipinski definition) is 5. The van der Waals surface area contributed by atoms with Crippen molar-refractivity contribution in [1.29, 1.82) is 0 Å². The van der Waals surface area contributed by atoms with Crippen molar-refractivity contribution in [2.45, 2.75) is 11.3 Å². The molecule has 0 aliphatic carbocycles. The summed E-state index contributed by atoms with van der Waals surface area (Å²) in [5, 5.41) is 15.4. The van der Waals surface area contributed by atoms with E-state index in [0.29, 0.717) is 13.0 Å².